The Kier molecular flexibility index (Phi) is 10.3. The Hall–Kier alpha value is -4.60. The van der Waals surface area contributed by atoms with Crippen molar-refractivity contribution in [2.24, 2.45) is 5.92 Å². The van der Waals surface area contributed by atoms with E-state index in [1.165, 1.54) is 12.1 Å². The Bertz CT molecular complexity index is 1320. The molecule has 0 bridgehead atoms. The number of rotatable bonds is 9. The fourth-order valence-electron chi connectivity index (χ4n) is 3.65. The number of hydrogen-bond acceptors (Lipinski definition) is 7. The van der Waals surface area contributed by atoms with Crippen LogP contribution in [-0.2, 0) is 28.7 Å². The van der Waals surface area contributed by atoms with Crippen LogP contribution in [0.1, 0.15) is 6.42 Å². The van der Waals surface area contributed by atoms with E-state index in [4.69, 9.17) is 9.84 Å². The summed E-state index contributed by atoms with van der Waals surface area (Å²) in [6.07, 6.45) is -1.01. The van der Waals surface area contributed by atoms with Crippen molar-refractivity contribution >= 4 is 35.2 Å². The molecular weight excluding hydrogens is 565 g/mol. The molecule has 2 atom stereocenters. The number of benzene rings is 2. The van der Waals surface area contributed by atoms with E-state index in [0.717, 1.165) is 17.0 Å². The lowest BCUT2D eigenvalue weighted by molar-refractivity contribution is -0.144. The average molecular weight is 587 g/mol. The Labute approximate surface area is 228 Å². The molecule has 0 saturated carbocycles. The van der Waals surface area contributed by atoms with Gasteiger partial charge in [-0.1, -0.05) is 0 Å². The lowest BCUT2D eigenvalue weighted by Crippen LogP contribution is -2.50. The third kappa shape index (κ3) is 8.20. The van der Waals surface area contributed by atoms with Gasteiger partial charge in [0.1, 0.15) is 18.5 Å². The van der Waals surface area contributed by atoms with E-state index in [1.54, 1.807) is 0 Å². The van der Waals surface area contributed by atoms with E-state index in [1.807, 2.05) is 0 Å². The number of amides is 3. The predicted molar refractivity (Wildman–Crippen MR) is 127 cm³/mol. The summed E-state index contributed by atoms with van der Waals surface area (Å²) in [5.41, 5.74) is 0.128. The molecule has 11 nitrogen and oxygen atoms in total. The maximum Gasteiger partial charge on any atom is 0.313 e. The Morgan fingerprint density at radius 2 is 1.66 bits per heavy atom. The van der Waals surface area contributed by atoms with Gasteiger partial charge >= 0.3 is 17.8 Å². The number of carbonyl (C=O) groups is 5. The first-order valence-corrected chi connectivity index (χ1v) is 11.8. The Morgan fingerprint density at radius 3 is 2.27 bits per heavy atom. The van der Waals surface area contributed by atoms with Crippen molar-refractivity contribution in [3.05, 3.63) is 59.4 Å². The topological polar surface area (TPSA) is 151 Å². The molecule has 1 saturated heterocycles. The minimum Gasteiger partial charge on any atom is -0.481 e. The maximum absolute atomic E-state index is 13.8. The number of Topliss-reactive ketones (excluding diaryl/α,β-unsaturated/α-hetero) is 1. The molecule has 0 unspecified atom stereocenters. The second-order valence-corrected chi connectivity index (χ2v) is 8.70. The molecule has 0 aliphatic carbocycles. The van der Waals surface area contributed by atoms with Crippen molar-refractivity contribution in [2.75, 3.05) is 38.2 Å². The van der Waals surface area contributed by atoms with Crippen LogP contribution >= 0.6 is 0 Å². The van der Waals surface area contributed by atoms with Gasteiger partial charge < -0.3 is 30.1 Å². The third-order valence-corrected chi connectivity index (χ3v) is 5.73. The highest BCUT2D eigenvalue weighted by atomic mass is 19.2. The number of hydrogen-bond donors (Lipinski definition) is 3. The SMILES string of the molecule is O=C(O)C[C@H](NC(=O)[C@@H]1COCCN(C(=O)C(=O)Nc2ccc(F)cc2)C1)C(=O)COc1c(F)c(F)cc(F)c1F. The highest BCUT2D eigenvalue weighted by Gasteiger charge is 2.33. The van der Waals surface area contributed by atoms with Gasteiger partial charge in [0.15, 0.2) is 23.2 Å². The van der Waals surface area contributed by atoms with Gasteiger partial charge in [-0.15, -0.1) is 0 Å². The summed E-state index contributed by atoms with van der Waals surface area (Å²) >= 11 is 0. The molecule has 3 N–H and O–H groups in total. The van der Waals surface area contributed by atoms with Crippen molar-refractivity contribution in [1.29, 1.82) is 0 Å². The van der Waals surface area contributed by atoms with Gasteiger partial charge in [0.2, 0.25) is 17.5 Å². The number of nitrogens with zero attached hydrogens (tertiary/aromatic N) is 1. The Morgan fingerprint density at radius 1 is 1.02 bits per heavy atom. The van der Waals surface area contributed by atoms with Crippen molar-refractivity contribution < 1.29 is 60.5 Å². The number of carboxylic acids is 1. The van der Waals surface area contributed by atoms with Crippen molar-refractivity contribution in [3.8, 4) is 5.75 Å². The fraction of sp³-hybridized carbons (Fsp3) is 0.320. The molecule has 220 valence electrons. The zero-order valence-electron chi connectivity index (χ0n) is 20.9. The number of anilines is 1. The van der Waals surface area contributed by atoms with Gasteiger partial charge in [-0.25, -0.2) is 13.2 Å². The van der Waals surface area contributed by atoms with Gasteiger partial charge in [0.05, 0.1) is 25.6 Å². The van der Waals surface area contributed by atoms with Crippen LogP contribution in [0.15, 0.2) is 30.3 Å². The smallest absolute Gasteiger partial charge is 0.313 e. The maximum atomic E-state index is 13.8. The van der Waals surface area contributed by atoms with E-state index in [-0.39, 0.29) is 38.1 Å². The molecule has 0 aromatic heterocycles. The number of carboxylic acid groups (broad SMARTS) is 1. The first-order chi connectivity index (χ1) is 19.4. The van der Waals surface area contributed by atoms with Gasteiger partial charge in [-0.2, -0.15) is 8.78 Å². The summed E-state index contributed by atoms with van der Waals surface area (Å²) < 4.78 is 77.3. The molecule has 1 aliphatic heterocycles. The lowest BCUT2D eigenvalue weighted by atomic mass is 10.1. The van der Waals surface area contributed by atoms with Crippen LogP contribution in [0, 0.1) is 35.0 Å². The first-order valence-electron chi connectivity index (χ1n) is 11.8. The summed E-state index contributed by atoms with van der Waals surface area (Å²) in [5.74, 6) is -16.7. The first kappa shape index (κ1) is 30.9. The molecule has 41 heavy (non-hydrogen) atoms. The van der Waals surface area contributed by atoms with Crippen LogP contribution in [0.2, 0.25) is 0 Å². The molecule has 2 aromatic rings. The van der Waals surface area contributed by atoms with E-state index in [0.29, 0.717) is 0 Å². The number of ketones is 1. The second-order valence-electron chi connectivity index (χ2n) is 8.70. The number of aliphatic carboxylic acids is 1. The second kappa shape index (κ2) is 13.6. The minimum absolute atomic E-state index is 0.0774. The standard InChI is InChI=1S/C25H22F5N3O8/c26-13-1-3-14(4-2-13)31-24(38)25(39)33-5-6-40-10-12(9-33)23(37)32-17(8-19(35)36)18(34)11-41-22-20(29)15(27)7-16(28)21(22)30/h1-4,7,12,17H,5-6,8-11H2,(H,31,38)(H,32,37)(H,35,36)/t12-,17-/m0/s1. The van der Waals surface area contributed by atoms with Gasteiger partial charge in [0.25, 0.3) is 0 Å². The zero-order valence-corrected chi connectivity index (χ0v) is 20.9. The molecule has 1 heterocycles. The van der Waals surface area contributed by atoms with E-state index >= 15 is 0 Å². The third-order valence-electron chi connectivity index (χ3n) is 5.73. The van der Waals surface area contributed by atoms with E-state index in [9.17, 15) is 45.9 Å². The predicted octanol–water partition coefficient (Wildman–Crippen LogP) is 1.40. The van der Waals surface area contributed by atoms with Crippen molar-refractivity contribution in [2.45, 2.75) is 12.5 Å². The summed E-state index contributed by atoms with van der Waals surface area (Å²) in [6, 6.07) is 2.66. The monoisotopic (exact) mass is 587 g/mol. The quantitative estimate of drug-likeness (QED) is 0.226. The normalized spacial score (nSPS) is 15.8. The summed E-state index contributed by atoms with van der Waals surface area (Å²) in [6.45, 7) is -2.13. The molecule has 0 spiro atoms. The van der Waals surface area contributed by atoms with Crippen LogP contribution in [0.4, 0.5) is 27.6 Å². The fourth-order valence-corrected chi connectivity index (χ4v) is 3.65. The van der Waals surface area contributed by atoms with Crippen LogP contribution < -0.4 is 15.4 Å². The van der Waals surface area contributed by atoms with Gasteiger partial charge in [-0.3, -0.25) is 24.0 Å². The van der Waals surface area contributed by atoms with Gasteiger partial charge in [0, 0.05) is 24.8 Å². The summed E-state index contributed by atoms with van der Waals surface area (Å²) in [7, 11) is 0. The summed E-state index contributed by atoms with van der Waals surface area (Å²) in [5, 5.41) is 13.6. The van der Waals surface area contributed by atoms with Gasteiger partial charge in [-0.05, 0) is 24.3 Å². The molecule has 1 aliphatic rings. The molecule has 1 fully saturated rings. The van der Waals surface area contributed by atoms with Crippen LogP contribution in [0.3, 0.4) is 0 Å². The molecule has 0 radical (unpaired) electrons. The highest BCUT2D eigenvalue weighted by molar-refractivity contribution is 6.39. The molecular formula is C25H22F5N3O8. The van der Waals surface area contributed by atoms with Crippen molar-refractivity contribution in [1.82, 2.24) is 10.2 Å². The average Bonchev–Trinajstić information content (AvgIpc) is 3.18. The summed E-state index contributed by atoms with van der Waals surface area (Å²) in [4.78, 5) is 62.8. The lowest BCUT2D eigenvalue weighted by Gasteiger charge is -2.24. The van der Waals surface area contributed by atoms with E-state index < -0.39 is 89.3 Å². The number of carbonyl (C=O) groups excluding carboxylic acids is 4. The molecule has 16 heteroatoms. The molecule has 2 aromatic carbocycles. The Balaban J connectivity index is 1.66. The molecule has 3 rings (SSSR count). The highest BCUT2D eigenvalue weighted by Crippen LogP contribution is 2.26. The van der Waals surface area contributed by atoms with Crippen LogP contribution in [0.5, 0.6) is 5.75 Å². The van der Waals surface area contributed by atoms with Crippen molar-refractivity contribution in [3.63, 3.8) is 0 Å². The van der Waals surface area contributed by atoms with Crippen LogP contribution in [-0.4, -0.2) is 78.4 Å². The number of ether oxygens (including phenoxy) is 2. The van der Waals surface area contributed by atoms with E-state index in [2.05, 4.69) is 15.4 Å². The number of nitrogens with one attached hydrogen (secondary N) is 2. The zero-order chi connectivity index (χ0) is 30.3. The molecule has 3 amide bonds. The van der Waals surface area contributed by atoms with Crippen LogP contribution in [0.25, 0.3) is 0 Å². The minimum atomic E-state index is -1.93. The largest absolute Gasteiger partial charge is 0.481 e. The number of halogens is 5.